The summed E-state index contributed by atoms with van der Waals surface area (Å²) in [7, 11) is 0. The van der Waals surface area contributed by atoms with E-state index in [0.717, 1.165) is 5.56 Å². The summed E-state index contributed by atoms with van der Waals surface area (Å²) in [4.78, 5) is 30.3. The van der Waals surface area contributed by atoms with Gasteiger partial charge in [0, 0.05) is 31.9 Å². The van der Waals surface area contributed by atoms with E-state index in [1.807, 2.05) is 32.9 Å². The third kappa shape index (κ3) is 8.41. The summed E-state index contributed by atoms with van der Waals surface area (Å²) in [6.45, 7) is 7.10. The van der Waals surface area contributed by atoms with Crippen LogP contribution in [0.3, 0.4) is 0 Å². The summed E-state index contributed by atoms with van der Waals surface area (Å²) in [5, 5.41) is 2.99. The molecular weight excluding hydrogens is 342 g/mol. The highest BCUT2D eigenvalue weighted by Crippen LogP contribution is 2.27. The van der Waals surface area contributed by atoms with E-state index in [2.05, 4.69) is 10.3 Å². The molecule has 0 radical (unpaired) electrons. The number of nitrogens with one attached hydrogen (secondary N) is 1. The van der Waals surface area contributed by atoms with E-state index < -0.39 is 5.60 Å². The number of ether oxygens (including phenoxy) is 1. The van der Waals surface area contributed by atoms with Crippen molar-refractivity contribution in [2.45, 2.75) is 71.4 Å². The summed E-state index contributed by atoms with van der Waals surface area (Å²) in [6, 6.07) is 3.79. The number of carbonyl (C=O) groups excluding carboxylic acids is 2. The first-order valence-electron chi connectivity index (χ1n) is 9.97. The van der Waals surface area contributed by atoms with Crippen LogP contribution in [0.15, 0.2) is 24.5 Å². The third-order valence-electron chi connectivity index (χ3n) is 4.62. The Morgan fingerprint density at radius 3 is 2.67 bits per heavy atom. The molecule has 0 saturated heterocycles. The van der Waals surface area contributed by atoms with Crippen LogP contribution in [0.2, 0.25) is 0 Å². The van der Waals surface area contributed by atoms with Crippen LogP contribution >= 0.6 is 0 Å². The summed E-state index contributed by atoms with van der Waals surface area (Å²) in [5.41, 5.74) is 0.411. The molecule has 0 aliphatic heterocycles. The van der Waals surface area contributed by atoms with E-state index in [4.69, 9.17) is 4.74 Å². The van der Waals surface area contributed by atoms with Crippen LogP contribution in [0.5, 0.6) is 0 Å². The van der Waals surface area contributed by atoms with Crippen molar-refractivity contribution in [3.05, 3.63) is 30.1 Å². The number of nitrogens with zero attached hydrogens (tertiary/aromatic N) is 2. The number of carbonyl (C=O) groups is 2. The molecule has 1 aliphatic rings. The number of aromatic nitrogens is 1. The number of hydrogen-bond acceptors (Lipinski definition) is 4. The minimum atomic E-state index is -0.542. The van der Waals surface area contributed by atoms with Crippen LogP contribution in [0.25, 0.3) is 0 Å². The molecular formula is C21H33N3O3. The topological polar surface area (TPSA) is 71.5 Å². The number of rotatable bonds is 8. The van der Waals surface area contributed by atoms with Crippen molar-refractivity contribution in [1.82, 2.24) is 15.2 Å². The van der Waals surface area contributed by atoms with Gasteiger partial charge in [-0.25, -0.2) is 4.79 Å². The van der Waals surface area contributed by atoms with Crippen LogP contribution in [0.1, 0.15) is 64.9 Å². The molecule has 0 aromatic carbocycles. The first-order chi connectivity index (χ1) is 12.8. The molecule has 1 fully saturated rings. The van der Waals surface area contributed by atoms with Crippen molar-refractivity contribution in [3.63, 3.8) is 0 Å². The molecule has 1 aromatic heterocycles. The standard InChI is InChI=1S/C21H33N3O3/c1-21(2,3)27-20(26)24(16-18-10-6-11-22-15-18)13-7-12-23-19(25)14-17-8-4-5-9-17/h6,10-11,15,17H,4-5,7-9,12-14,16H2,1-3H3,(H,23,25). The second-order valence-electron chi connectivity index (χ2n) is 8.32. The van der Waals surface area contributed by atoms with Gasteiger partial charge in [0.05, 0.1) is 6.54 Å². The molecule has 0 unspecified atom stereocenters. The molecule has 1 aliphatic carbocycles. The maximum Gasteiger partial charge on any atom is 0.410 e. The van der Waals surface area contributed by atoms with E-state index in [1.54, 1.807) is 17.3 Å². The van der Waals surface area contributed by atoms with Gasteiger partial charge in [0.25, 0.3) is 0 Å². The Morgan fingerprint density at radius 1 is 1.30 bits per heavy atom. The van der Waals surface area contributed by atoms with Gasteiger partial charge in [0.2, 0.25) is 5.91 Å². The number of hydrogen-bond donors (Lipinski definition) is 1. The van der Waals surface area contributed by atoms with Gasteiger partial charge in [-0.05, 0) is 57.6 Å². The van der Waals surface area contributed by atoms with E-state index >= 15 is 0 Å². The Labute approximate surface area is 162 Å². The number of amides is 2. The molecule has 150 valence electrons. The quantitative estimate of drug-likeness (QED) is 0.700. The molecule has 1 N–H and O–H groups in total. The molecule has 0 spiro atoms. The Bertz CT molecular complexity index is 592. The summed E-state index contributed by atoms with van der Waals surface area (Å²) in [6.07, 6.45) is 9.27. The summed E-state index contributed by atoms with van der Waals surface area (Å²) in [5.74, 6) is 0.673. The van der Waals surface area contributed by atoms with Crippen molar-refractivity contribution >= 4 is 12.0 Å². The van der Waals surface area contributed by atoms with Crippen LogP contribution in [-0.4, -0.2) is 40.6 Å². The highest BCUT2D eigenvalue weighted by atomic mass is 16.6. The van der Waals surface area contributed by atoms with Crippen molar-refractivity contribution in [1.29, 1.82) is 0 Å². The van der Waals surface area contributed by atoms with Crippen LogP contribution < -0.4 is 5.32 Å². The highest BCUT2D eigenvalue weighted by Gasteiger charge is 2.22. The number of pyridine rings is 1. The average molecular weight is 376 g/mol. The van der Waals surface area contributed by atoms with Gasteiger partial charge in [0.15, 0.2) is 0 Å². The van der Waals surface area contributed by atoms with Gasteiger partial charge in [0.1, 0.15) is 5.60 Å². The van der Waals surface area contributed by atoms with Crippen molar-refractivity contribution < 1.29 is 14.3 Å². The predicted molar refractivity (Wildman–Crippen MR) is 105 cm³/mol. The van der Waals surface area contributed by atoms with Gasteiger partial charge in [-0.1, -0.05) is 18.9 Å². The minimum absolute atomic E-state index is 0.123. The lowest BCUT2D eigenvalue weighted by molar-refractivity contribution is -0.121. The zero-order valence-corrected chi connectivity index (χ0v) is 16.9. The van der Waals surface area contributed by atoms with Gasteiger partial charge < -0.3 is 15.0 Å². The summed E-state index contributed by atoms with van der Waals surface area (Å²) < 4.78 is 5.52. The molecule has 1 saturated carbocycles. The molecule has 2 rings (SSSR count). The lowest BCUT2D eigenvalue weighted by atomic mass is 10.0. The molecule has 0 bridgehead atoms. The maximum absolute atomic E-state index is 12.5. The SMILES string of the molecule is CC(C)(C)OC(=O)N(CCCNC(=O)CC1CCCC1)Cc1cccnc1. The van der Waals surface area contributed by atoms with Crippen molar-refractivity contribution in [3.8, 4) is 0 Å². The van der Waals surface area contributed by atoms with Gasteiger partial charge >= 0.3 is 6.09 Å². The normalized spacial score (nSPS) is 14.8. The molecule has 27 heavy (non-hydrogen) atoms. The summed E-state index contributed by atoms with van der Waals surface area (Å²) >= 11 is 0. The zero-order chi connectivity index (χ0) is 19.7. The Hall–Kier alpha value is -2.11. The maximum atomic E-state index is 12.5. The monoisotopic (exact) mass is 375 g/mol. The zero-order valence-electron chi connectivity index (χ0n) is 16.9. The molecule has 0 atom stereocenters. The van der Waals surface area contributed by atoms with Gasteiger partial charge in [-0.3, -0.25) is 9.78 Å². The van der Waals surface area contributed by atoms with Crippen LogP contribution in [0, 0.1) is 5.92 Å². The average Bonchev–Trinajstić information content (AvgIpc) is 3.10. The predicted octanol–water partition coefficient (Wildman–Crippen LogP) is 3.91. The van der Waals surface area contributed by atoms with Gasteiger partial charge in [-0.15, -0.1) is 0 Å². The molecule has 6 nitrogen and oxygen atoms in total. The fourth-order valence-electron chi connectivity index (χ4n) is 3.32. The molecule has 2 amide bonds. The van der Waals surface area contributed by atoms with E-state index in [9.17, 15) is 9.59 Å². The van der Waals surface area contributed by atoms with Crippen molar-refractivity contribution in [2.24, 2.45) is 5.92 Å². The van der Waals surface area contributed by atoms with Crippen molar-refractivity contribution in [2.75, 3.05) is 13.1 Å². The Kier molecular flexibility index (Phi) is 8.07. The second kappa shape index (κ2) is 10.3. The second-order valence-corrected chi connectivity index (χ2v) is 8.32. The van der Waals surface area contributed by atoms with Gasteiger partial charge in [-0.2, -0.15) is 0 Å². The van der Waals surface area contributed by atoms with Crippen LogP contribution in [-0.2, 0) is 16.1 Å². The highest BCUT2D eigenvalue weighted by molar-refractivity contribution is 5.76. The van der Waals surface area contributed by atoms with E-state index in [0.29, 0.717) is 38.4 Å². The van der Waals surface area contributed by atoms with E-state index in [1.165, 1.54) is 25.7 Å². The molecule has 1 aromatic rings. The first-order valence-corrected chi connectivity index (χ1v) is 9.97. The molecule has 1 heterocycles. The minimum Gasteiger partial charge on any atom is -0.444 e. The fourth-order valence-corrected chi connectivity index (χ4v) is 3.32. The largest absolute Gasteiger partial charge is 0.444 e. The Morgan fingerprint density at radius 2 is 2.04 bits per heavy atom. The Balaban J connectivity index is 1.80. The fraction of sp³-hybridized carbons (Fsp3) is 0.667. The van der Waals surface area contributed by atoms with Crippen LogP contribution in [0.4, 0.5) is 4.79 Å². The smallest absolute Gasteiger partial charge is 0.410 e. The van der Waals surface area contributed by atoms with E-state index in [-0.39, 0.29) is 12.0 Å². The third-order valence-corrected chi connectivity index (χ3v) is 4.62. The molecule has 6 heteroatoms. The lowest BCUT2D eigenvalue weighted by Gasteiger charge is -2.27. The first kappa shape index (κ1) is 21.2. The lowest BCUT2D eigenvalue weighted by Crippen LogP contribution is -2.38.